The molecule has 4 aromatic rings. The summed E-state index contributed by atoms with van der Waals surface area (Å²) in [6.45, 7) is 6.19. The average molecular weight is 454 g/mol. The molecule has 5 rings (SSSR count). The fraction of sp³-hybridized carbons (Fsp3) is 0.259. The Hall–Kier alpha value is -3.84. The Labute approximate surface area is 198 Å². The minimum absolute atomic E-state index is 0.145. The molecule has 172 valence electrons. The highest BCUT2D eigenvalue weighted by Gasteiger charge is 2.23. The van der Waals surface area contributed by atoms with Crippen molar-refractivity contribution >= 4 is 22.6 Å². The van der Waals surface area contributed by atoms with Gasteiger partial charge in [-0.1, -0.05) is 24.3 Å². The van der Waals surface area contributed by atoms with E-state index in [0.717, 1.165) is 46.6 Å². The second kappa shape index (κ2) is 9.57. The predicted molar refractivity (Wildman–Crippen MR) is 133 cm³/mol. The lowest BCUT2D eigenvalue weighted by Gasteiger charge is -2.36. The van der Waals surface area contributed by atoms with Gasteiger partial charge >= 0.3 is 0 Å². The number of fused-ring (bicyclic) bond motifs is 1. The van der Waals surface area contributed by atoms with Crippen molar-refractivity contribution in [3.63, 3.8) is 0 Å². The molecule has 1 N–H and O–H groups in total. The molecule has 0 spiro atoms. The van der Waals surface area contributed by atoms with Gasteiger partial charge in [-0.3, -0.25) is 9.78 Å². The van der Waals surface area contributed by atoms with Crippen LogP contribution in [0.1, 0.15) is 29.8 Å². The van der Waals surface area contributed by atoms with Crippen LogP contribution in [0.15, 0.2) is 73.2 Å². The SMILES string of the molecule is C[C@@H]1CN(c2ccc(CNC(=O)c3cc(-c4ccncc4)nc4ccccc34)cn2)C[C@H](C)O1. The molecule has 0 radical (unpaired) electrons. The normalized spacial score (nSPS) is 18.1. The number of hydrogen-bond acceptors (Lipinski definition) is 6. The van der Waals surface area contributed by atoms with Crippen LogP contribution in [0.25, 0.3) is 22.2 Å². The van der Waals surface area contributed by atoms with Gasteiger partial charge in [0.1, 0.15) is 5.82 Å². The fourth-order valence-corrected chi connectivity index (χ4v) is 4.38. The number of aromatic nitrogens is 3. The quantitative estimate of drug-likeness (QED) is 0.487. The highest BCUT2D eigenvalue weighted by atomic mass is 16.5. The molecule has 1 aliphatic heterocycles. The number of rotatable bonds is 5. The molecule has 7 nitrogen and oxygen atoms in total. The van der Waals surface area contributed by atoms with Crippen LogP contribution in [0, 0.1) is 0 Å². The number of anilines is 1. The van der Waals surface area contributed by atoms with E-state index in [1.54, 1.807) is 12.4 Å². The number of carbonyl (C=O) groups is 1. The number of ether oxygens (including phenoxy) is 1. The van der Waals surface area contributed by atoms with E-state index in [4.69, 9.17) is 9.72 Å². The van der Waals surface area contributed by atoms with Crippen molar-refractivity contribution in [2.24, 2.45) is 0 Å². The van der Waals surface area contributed by atoms with Gasteiger partial charge in [0.05, 0.1) is 29.0 Å². The monoisotopic (exact) mass is 453 g/mol. The zero-order chi connectivity index (χ0) is 23.5. The van der Waals surface area contributed by atoms with Crippen molar-refractivity contribution in [3.05, 3.63) is 84.3 Å². The number of amides is 1. The summed E-state index contributed by atoms with van der Waals surface area (Å²) in [5.74, 6) is 0.785. The Morgan fingerprint density at radius 3 is 2.56 bits per heavy atom. The number of para-hydroxylation sites is 1. The summed E-state index contributed by atoms with van der Waals surface area (Å²) in [4.78, 5) is 28.9. The van der Waals surface area contributed by atoms with Gasteiger partial charge in [0.25, 0.3) is 5.91 Å². The van der Waals surface area contributed by atoms with Crippen molar-refractivity contribution in [1.29, 1.82) is 0 Å². The van der Waals surface area contributed by atoms with E-state index >= 15 is 0 Å². The van der Waals surface area contributed by atoms with Crippen molar-refractivity contribution in [2.45, 2.75) is 32.6 Å². The summed E-state index contributed by atoms with van der Waals surface area (Å²) in [6, 6.07) is 17.3. The smallest absolute Gasteiger partial charge is 0.252 e. The minimum Gasteiger partial charge on any atom is -0.372 e. The van der Waals surface area contributed by atoms with Crippen LogP contribution in [-0.4, -0.2) is 46.2 Å². The number of carbonyl (C=O) groups excluding carboxylic acids is 1. The van der Waals surface area contributed by atoms with Gasteiger partial charge in [0, 0.05) is 49.2 Å². The number of pyridine rings is 3. The van der Waals surface area contributed by atoms with Gasteiger partial charge < -0.3 is 15.0 Å². The molecular weight excluding hydrogens is 426 g/mol. The molecule has 1 amide bonds. The zero-order valence-electron chi connectivity index (χ0n) is 19.3. The molecular formula is C27H27N5O2. The van der Waals surface area contributed by atoms with Crippen LogP contribution < -0.4 is 10.2 Å². The highest BCUT2D eigenvalue weighted by Crippen LogP contribution is 2.25. The van der Waals surface area contributed by atoms with E-state index in [0.29, 0.717) is 12.1 Å². The van der Waals surface area contributed by atoms with Gasteiger partial charge in [0.15, 0.2) is 0 Å². The van der Waals surface area contributed by atoms with E-state index in [-0.39, 0.29) is 18.1 Å². The number of nitrogens with one attached hydrogen (secondary N) is 1. The van der Waals surface area contributed by atoms with Crippen molar-refractivity contribution in [2.75, 3.05) is 18.0 Å². The summed E-state index contributed by atoms with van der Waals surface area (Å²) >= 11 is 0. The molecule has 1 fully saturated rings. The largest absolute Gasteiger partial charge is 0.372 e. The summed E-state index contributed by atoms with van der Waals surface area (Å²) < 4.78 is 5.81. The molecule has 0 saturated carbocycles. The molecule has 0 unspecified atom stereocenters. The maximum Gasteiger partial charge on any atom is 0.252 e. The third-order valence-electron chi connectivity index (χ3n) is 5.94. The molecule has 1 aliphatic rings. The second-order valence-corrected chi connectivity index (χ2v) is 8.68. The number of nitrogens with zero attached hydrogens (tertiary/aromatic N) is 4. The van der Waals surface area contributed by atoms with Crippen molar-refractivity contribution in [3.8, 4) is 11.3 Å². The first kappa shape index (κ1) is 22.0. The Kier molecular flexibility index (Phi) is 6.18. The Bertz CT molecular complexity index is 1280. The molecule has 1 aromatic carbocycles. The lowest BCUT2D eigenvalue weighted by Crippen LogP contribution is -2.45. The Morgan fingerprint density at radius 2 is 1.82 bits per heavy atom. The minimum atomic E-state index is -0.145. The lowest BCUT2D eigenvalue weighted by molar-refractivity contribution is -0.00546. The van der Waals surface area contributed by atoms with Crippen LogP contribution in [-0.2, 0) is 11.3 Å². The van der Waals surface area contributed by atoms with E-state index < -0.39 is 0 Å². The average Bonchev–Trinajstić information content (AvgIpc) is 2.87. The highest BCUT2D eigenvalue weighted by molar-refractivity contribution is 6.07. The number of hydrogen-bond donors (Lipinski definition) is 1. The van der Waals surface area contributed by atoms with Crippen molar-refractivity contribution < 1.29 is 9.53 Å². The number of morpholine rings is 1. The summed E-state index contributed by atoms with van der Waals surface area (Å²) in [5, 5.41) is 3.87. The van der Waals surface area contributed by atoms with E-state index in [1.165, 1.54) is 0 Å². The topological polar surface area (TPSA) is 80.2 Å². The van der Waals surface area contributed by atoms with Crippen LogP contribution in [0.3, 0.4) is 0 Å². The number of benzene rings is 1. The van der Waals surface area contributed by atoms with Gasteiger partial charge in [-0.05, 0) is 49.7 Å². The molecule has 1 saturated heterocycles. The molecule has 4 heterocycles. The standard InChI is InChI=1S/C27H27N5O2/c1-18-16-32(17-19(2)34-18)26-8-7-20(14-29-26)15-30-27(33)23-13-25(21-9-11-28-12-10-21)31-24-6-4-3-5-22(23)24/h3-14,18-19H,15-17H2,1-2H3,(H,30,33)/t18-,19+. The predicted octanol–water partition coefficient (Wildman–Crippen LogP) is 4.24. The van der Waals surface area contributed by atoms with Crippen LogP contribution in [0.2, 0.25) is 0 Å². The second-order valence-electron chi connectivity index (χ2n) is 8.68. The van der Waals surface area contributed by atoms with Gasteiger partial charge in [-0.25, -0.2) is 9.97 Å². The molecule has 3 aromatic heterocycles. The van der Waals surface area contributed by atoms with E-state index in [1.807, 2.05) is 60.8 Å². The first-order valence-electron chi connectivity index (χ1n) is 11.5. The van der Waals surface area contributed by atoms with E-state index in [9.17, 15) is 4.79 Å². The maximum absolute atomic E-state index is 13.2. The third kappa shape index (κ3) is 4.75. The lowest BCUT2D eigenvalue weighted by atomic mass is 10.0. The van der Waals surface area contributed by atoms with Crippen LogP contribution in [0.5, 0.6) is 0 Å². The van der Waals surface area contributed by atoms with E-state index in [2.05, 4.69) is 34.0 Å². The maximum atomic E-state index is 13.2. The summed E-state index contributed by atoms with van der Waals surface area (Å²) in [6.07, 6.45) is 5.63. The van der Waals surface area contributed by atoms with Gasteiger partial charge in [-0.15, -0.1) is 0 Å². The van der Waals surface area contributed by atoms with Gasteiger partial charge in [-0.2, -0.15) is 0 Å². The molecule has 7 heteroatoms. The Balaban J connectivity index is 1.33. The van der Waals surface area contributed by atoms with Crippen LogP contribution >= 0.6 is 0 Å². The first-order chi connectivity index (χ1) is 16.6. The molecule has 0 bridgehead atoms. The third-order valence-corrected chi connectivity index (χ3v) is 5.94. The summed E-state index contributed by atoms with van der Waals surface area (Å²) in [7, 11) is 0. The molecule has 0 aliphatic carbocycles. The van der Waals surface area contributed by atoms with Gasteiger partial charge in [0.2, 0.25) is 0 Å². The van der Waals surface area contributed by atoms with Crippen LogP contribution in [0.4, 0.5) is 5.82 Å². The molecule has 2 atom stereocenters. The zero-order valence-corrected chi connectivity index (χ0v) is 19.3. The Morgan fingerprint density at radius 1 is 1.06 bits per heavy atom. The molecule has 34 heavy (non-hydrogen) atoms. The summed E-state index contributed by atoms with van der Waals surface area (Å²) in [5.41, 5.74) is 3.98. The fourth-order valence-electron chi connectivity index (χ4n) is 4.38. The first-order valence-corrected chi connectivity index (χ1v) is 11.5. The van der Waals surface area contributed by atoms with Crippen molar-refractivity contribution in [1.82, 2.24) is 20.3 Å².